The summed E-state index contributed by atoms with van der Waals surface area (Å²) in [6, 6.07) is 13.8. The topological polar surface area (TPSA) is 320 Å². The molecule has 3 rings (SSSR count). The summed E-state index contributed by atoms with van der Waals surface area (Å²) in [4.78, 5) is 110. The first-order valence-corrected chi connectivity index (χ1v) is 27.5. The van der Waals surface area contributed by atoms with Gasteiger partial charge in [-0.1, -0.05) is 61.9 Å². The molecule has 4 amide bonds. The van der Waals surface area contributed by atoms with Crippen LogP contribution in [0.25, 0.3) is 0 Å². The molecule has 1 aliphatic heterocycles. The molecule has 0 radical (unpaired) electrons. The van der Waals surface area contributed by atoms with Crippen molar-refractivity contribution in [1.29, 1.82) is 0 Å². The first kappa shape index (κ1) is 64.2. The fourth-order valence-electron chi connectivity index (χ4n) is 7.77. The standard InChI is InChI=1S/C53H75N4O18P/c1-2-11-43(52(65)66)38-76(69,70)75-27-10-16-45(53(67)68)56-49(61)21-20-41(51(63)64)36-44(58)15-4-3-9-25-54-48(60)24-28-71-30-32-73-34-35-74-33-31-72-29-26-55-47(59)22-23-50(62)57-37-42-14-6-5-12-39(42)18-19-40-13-7-8-17-46(40)57/h5-8,12-14,17,41,43,45H,2-4,9-11,15-16,20-38H2,1H3,(H,54,60)(H,55,59)(H,56,61)(H,63,64)(H,65,66)(H,67,68)(H,69,70)/t41-,43?,45+/m1/s1. The lowest BCUT2D eigenvalue weighted by Crippen LogP contribution is -2.41. The predicted molar refractivity (Wildman–Crippen MR) is 277 cm³/mol. The van der Waals surface area contributed by atoms with Gasteiger partial charge in [0.25, 0.3) is 0 Å². The number of fused-ring (bicyclic) bond motifs is 2. The number of unbranched alkanes of at least 4 members (excludes halogenated alkanes) is 2. The Morgan fingerprint density at radius 2 is 1.21 bits per heavy atom. The molecule has 2 unspecified atom stereocenters. The van der Waals surface area contributed by atoms with Gasteiger partial charge in [-0.05, 0) is 62.3 Å². The highest BCUT2D eigenvalue weighted by Gasteiger charge is 2.30. The lowest BCUT2D eigenvalue weighted by Gasteiger charge is -2.26. The first-order valence-electron chi connectivity index (χ1n) is 25.8. The quantitative estimate of drug-likeness (QED) is 0.0274. The summed E-state index contributed by atoms with van der Waals surface area (Å²) in [6.45, 7) is 4.85. The van der Waals surface area contributed by atoms with Crippen LogP contribution >= 0.6 is 7.60 Å². The maximum absolute atomic E-state index is 13.3. The second-order valence-electron chi connectivity index (χ2n) is 18.0. The Balaban J connectivity index is 1.11. The highest BCUT2D eigenvalue weighted by atomic mass is 31.2. The van der Waals surface area contributed by atoms with Crippen LogP contribution in [0.2, 0.25) is 0 Å². The summed E-state index contributed by atoms with van der Waals surface area (Å²) in [5.41, 5.74) is 3.28. The molecule has 2 aromatic rings. The second-order valence-corrected chi connectivity index (χ2v) is 19.9. The number of carboxylic acid groups (broad SMARTS) is 3. The molecule has 0 aromatic heterocycles. The molecule has 0 fully saturated rings. The van der Waals surface area contributed by atoms with E-state index in [1.54, 1.807) is 11.8 Å². The van der Waals surface area contributed by atoms with Gasteiger partial charge < -0.3 is 64.5 Å². The normalized spacial score (nSPS) is 13.7. The van der Waals surface area contributed by atoms with Gasteiger partial charge in [-0.25, -0.2) is 4.79 Å². The molecular formula is C53H75N4O18P. The van der Waals surface area contributed by atoms with Gasteiger partial charge in [0.1, 0.15) is 11.8 Å². The Hall–Kier alpha value is -6.05. The van der Waals surface area contributed by atoms with Gasteiger partial charge in [0.05, 0.1) is 89.7 Å². The van der Waals surface area contributed by atoms with E-state index in [1.165, 1.54) is 0 Å². The number of Topliss-reactive ketones (excluding diaryl/α,β-unsaturated/α-hetero) is 1. The number of hydrogen-bond donors (Lipinski definition) is 7. The van der Waals surface area contributed by atoms with Crippen LogP contribution in [0.3, 0.4) is 0 Å². The second kappa shape index (κ2) is 36.8. The Labute approximate surface area is 443 Å². The molecule has 1 aliphatic rings. The molecule has 7 N–H and O–H groups in total. The highest BCUT2D eigenvalue weighted by molar-refractivity contribution is 7.52. The molecule has 0 saturated carbocycles. The van der Waals surface area contributed by atoms with Crippen molar-refractivity contribution in [2.75, 3.05) is 83.6 Å². The number of nitrogens with zero attached hydrogens (tertiary/aromatic N) is 1. The van der Waals surface area contributed by atoms with Gasteiger partial charge in [-0.3, -0.25) is 38.1 Å². The zero-order chi connectivity index (χ0) is 55.6. The molecule has 0 spiro atoms. The zero-order valence-electron chi connectivity index (χ0n) is 43.3. The van der Waals surface area contributed by atoms with Crippen LogP contribution < -0.4 is 20.9 Å². The van der Waals surface area contributed by atoms with Gasteiger partial charge in [0.15, 0.2) is 0 Å². The number of anilines is 1. The van der Waals surface area contributed by atoms with E-state index in [0.717, 1.165) is 22.4 Å². The number of benzene rings is 2. The fraction of sp³-hybridized carbons (Fsp3) is 0.585. The van der Waals surface area contributed by atoms with Gasteiger partial charge in [0.2, 0.25) is 23.6 Å². The maximum Gasteiger partial charge on any atom is 0.328 e. The molecule has 76 heavy (non-hydrogen) atoms. The number of aliphatic carboxylic acids is 3. The lowest BCUT2D eigenvalue weighted by molar-refractivity contribution is -0.145. The fourth-order valence-corrected chi connectivity index (χ4v) is 9.18. The van der Waals surface area contributed by atoms with Crippen LogP contribution in [0.4, 0.5) is 5.69 Å². The summed E-state index contributed by atoms with van der Waals surface area (Å²) in [5.74, 6) is -1.41. The van der Waals surface area contributed by atoms with E-state index >= 15 is 0 Å². The third-order valence-electron chi connectivity index (χ3n) is 11.9. The van der Waals surface area contributed by atoms with Crippen molar-refractivity contribution in [2.24, 2.45) is 11.8 Å². The molecule has 0 saturated heterocycles. The minimum atomic E-state index is -4.26. The number of hydrogen-bond acceptors (Lipinski definition) is 14. The largest absolute Gasteiger partial charge is 0.481 e. The van der Waals surface area contributed by atoms with Crippen LogP contribution in [0.1, 0.15) is 114 Å². The Bertz CT molecular complexity index is 2300. The van der Waals surface area contributed by atoms with E-state index in [9.17, 15) is 63.1 Å². The van der Waals surface area contributed by atoms with E-state index in [1.807, 2.05) is 48.5 Å². The number of ether oxygens (including phenoxy) is 4. The zero-order valence-corrected chi connectivity index (χ0v) is 44.2. The van der Waals surface area contributed by atoms with Crippen molar-refractivity contribution in [3.8, 4) is 11.8 Å². The van der Waals surface area contributed by atoms with E-state index < -0.39 is 55.5 Å². The van der Waals surface area contributed by atoms with Crippen LogP contribution in [-0.2, 0) is 72.9 Å². The summed E-state index contributed by atoms with van der Waals surface area (Å²) in [7, 11) is -4.26. The Morgan fingerprint density at radius 1 is 0.605 bits per heavy atom. The molecule has 1 heterocycles. The molecule has 420 valence electrons. The third kappa shape index (κ3) is 27.1. The molecule has 23 heteroatoms. The predicted octanol–water partition coefficient (Wildman–Crippen LogP) is 4.46. The van der Waals surface area contributed by atoms with Gasteiger partial charge in [-0.2, -0.15) is 0 Å². The molecule has 0 bridgehead atoms. The SMILES string of the molecule is CCCC(CP(=O)(O)OCCC[C@H](NC(=O)CC[C@H](CC(=O)CCCCCNC(=O)CCOCCOCCOCCOCCNC(=O)CCC(=O)N1Cc2ccccc2C#Cc2ccccc21)C(=O)O)C(=O)O)C(=O)O. The number of carboxylic acids is 3. The van der Waals surface area contributed by atoms with Crippen molar-refractivity contribution in [3.05, 3.63) is 65.2 Å². The smallest absolute Gasteiger partial charge is 0.328 e. The molecule has 0 aliphatic carbocycles. The van der Waals surface area contributed by atoms with E-state index in [4.69, 9.17) is 23.5 Å². The Kier molecular flexibility index (Phi) is 31.1. The number of nitrogens with one attached hydrogen (secondary N) is 3. The van der Waals surface area contributed by atoms with Gasteiger partial charge in [0, 0.05) is 62.7 Å². The Morgan fingerprint density at radius 3 is 1.88 bits per heavy atom. The monoisotopic (exact) mass is 1090 g/mol. The summed E-state index contributed by atoms with van der Waals surface area (Å²) >= 11 is 0. The molecule has 4 atom stereocenters. The van der Waals surface area contributed by atoms with Crippen molar-refractivity contribution < 1.29 is 86.6 Å². The average Bonchev–Trinajstić information content (AvgIpc) is 3.37. The van der Waals surface area contributed by atoms with Crippen molar-refractivity contribution >= 4 is 60.6 Å². The molecule has 22 nitrogen and oxygen atoms in total. The van der Waals surface area contributed by atoms with Crippen molar-refractivity contribution in [1.82, 2.24) is 16.0 Å². The highest BCUT2D eigenvalue weighted by Crippen LogP contribution is 2.44. The summed E-state index contributed by atoms with van der Waals surface area (Å²) in [5, 5.41) is 36.2. The minimum absolute atomic E-state index is 0.0415. The number of carbonyl (C=O) groups is 8. The third-order valence-corrected chi connectivity index (χ3v) is 13.4. The number of amides is 4. The number of carbonyl (C=O) groups excluding carboxylic acids is 5. The van der Waals surface area contributed by atoms with Gasteiger partial charge >= 0.3 is 25.5 Å². The van der Waals surface area contributed by atoms with Crippen LogP contribution in [-0.4, -0.2) is 152 Å². The average molecular weight is 1090 g/mol. The van der Waals surface area contributed by atoms with E-state index in [2.05, 4.69) is 27.8 Å². The van der Waals surface area contributed by atoms with Crippen LogP contribution in [0, 0.1) is 23.7 Å². The van der Waals surface area contributed by atoms with Gasteiger partial charge in [-0.15, -0.1) is 0 Å². The number of rotatable bonds is 42. The maximum atomic E-state index is 13.3. The van der Waals surface area contributed by atoms with Crippen molar-refractivity contribution in [3.63, 3.8) is 0 Å². The lowest BCUT2D eigenvalue weighted by atomic mass is 9.94. The number of ketones is 1. The van der Waals surface area contributed by atoms with Crippen molar-refractivity contribution in [2.45, 2.75) is 109 Å². The molecule has 2 aromatic carbocycles. The first-order chi connectivity index (χ1) is 36.5. The summed E-state index contributed by atoms with van der Waals surface area (Å²) < 4.78 is 39.2. The van der Waals surface area contributed by atoms with Crippen LogP contribution in [0.5, 0.6) is 0 Å². The van der Waals surface area contributed by atoms with E-state index in [0.29, 0.717) is 78.4 Å². The summed E-state index contributed by atoms with van der Waals surface area (Å²) in [6.07, 6.45) is 0.990. The number of para-hydroxylation sites is 1. The molecular weight excluding hydrogens is 1010 g/mol. The minimum Gasteiger partial charge on any atom is -0.481 e. The van der Waals surface area contributed by atoms with E-state index in [-0.39, 0.29) is 114 Å². The van der Waals surface area contributed by atoms with Crippen LogP contribution in [0.15, 0.2) is 48.5 Å².